The molecule has 0 heterocycles. The summed E-state index contributed by atoms with van der Waals surface area (Å²) >= 11 is 0. The molecule has 4 bridgehead atoms. The Kier molecular flexibility index (Phi) is 2.92. The van der Waals surface area contributed by atoms with Gasteiger partial charge in [0.05, 0.1) is 5.92 Å². The van der Waals surface area contributed by atoms with Gasteiger partial charge in [-0.2, -0.15) is 0 Å². The fraction of sp³-hybridized carbons (Fsp3) is 0.750. The molecule has 4 aliphatic rings. The summed E-state index contributed by atoms with van der Waals surface area (Å²) in [6.07, 6.45) is 5.72. The normalized spacial score (nSPS) is 42.7. The minimum Gasteiger partial charge on any atom is -0.455 e. The van der Waals surface area contributed by atoms with Crippen LogP contribution in [0.5, 0.6) is 0 Å². The van der Waals surface area contributed by atoms with Gasteiger partial charge in [0, 0.05) is 5.57 Å². The van der Waals surface area contributed by atoms with Crippen molar-refractivity contribution < 1.29 is 9.53 Å². The highest BCUT2D eigenvalue weighted by Crippen LogP contribution is 2.60. The molecule has 0 amide bonds. The highest BCUT2D eigenvalue weighted by Gasteiger charge is 2.60. The molecule has 102 valence electrons. The molecular weight excluding hydrogens is 238 g/mol. The molecule has 4 saturated carbocycles. The van der Waals surface area contributed by atoms with E-state index in [2.05, 4.69) is 11.4 Å². The molecule has 0 aromatic heterocycles. The Morgan fingerprint density at radius 1 is 1.37 bits per heavy atom. The van der Waals surface area contributed by atoms with Crippen molar-refractivity contribution in [3.8, 4) is 0 Å². The molecule has 0 aromatic carbocycles. The van der Waals surface area contributed by atoms with Gasteiger partial charge < -0.3 is 9.58 Å². The van der Waals surface area contributed by atoms with Crippen molar-refractivity contribution in [3.05, 3.63) is 23.6 Å². The maximum Gasteiger partial charge on any atom is 0.333 e. The smallest absolute Gasteiger partial charge is 0.333 e. The lowest BCUT2D eigenvalue weighted by atomic mass is 9.49. The molecule has 19 heavy (non-hydrogen) atoms. The van der Waals surface area contributed by atoms with Crippen LogP contribution in [0, 0.1) is 30.2 Å². The van der Waals surface area contributed by atoms with Crippen LogP contribution < -0.4 is 0 Å². The van der Waals surface area contributed by atoms with E-state index in [1.54, 1.807) is 6.92 Å². The Hall–Kier alpha value is -1.30. The lowest BCUT2D eigenvalue weighted by Crippen LogP contribution is -2.60. The van der Waals surface area contributed by atoms with E-state index in [4.69, 9.17) is 11.3 Å². The van der Waals surface area contributed by atoms with Crippen molar-refractivity contribution in [1.82, 2.24) is 0 Å². The van der Waals surface area contributed by atoms with Crippen LogP contribution in [-0.4, -0.2) is 18.1 Å². The first-order valence-corrected chi connectivity index (χ1v) is 7.26. The molecule has 4 aliphatic carbocycles. The molecular formula is C16H21NO2. The highest BCUT2D eigenvalue weighted by molar-refractivity contribution is 5.87. The number of ether oxygens (including phenoxy) is 1. The zero-order valence-corrected chi connectivity index (χ0v) is 11.5. The average Bonchev–Trinajstić information content (AvgIpc) is 2.32. The topological polar surface area (TPSA) is 30.7 Å². The van der Waals surface area contributed by atoms with Crippen molar-refractivity contribution in [2.45, 2.75) is 44.6 Å². The van der Waals surface area contributed by atoms with Gasteiger partial charge in [-0.3, -0.25) is 0 Å². The summed E-state index contributed by atoms with van der Waals surface area (Å²) in [5.74, 6) is 1.99. The SMILES string of the molecule is [C-]#[N+]CC1C2CC3CC(C2)CC1(OC(=O)C(=C)C)C3. The molecule has 4 rings (SSSR count). The van der Waals surface area contributed by atoms with Crippen molar-refractivity contribution in [2.24, 2.45) is 23.7 Å². The number of carbonyl (C=O) groups is 1. The van der Waals surface area contributed by atoms with Crippen molar-refractivity contribution in [3.63, 3.8) is 0 Å². The van der Waals surface area contributed by atoms with E-state index in [0.29, 0.717) is 29.9 Å². The van der Waals surface area contributed by atoms with Gasteiger partial charge in [0.15, 0.2) is 0 Å². The first kappa shape index (κ1) is 12.7. The summed E-state index contributed by atoms with van der Waals surface area (Å²) in [5.41, 5.74) is 0.118. The first-order valence-electron chi connectivity index (χ1n) is 7.26. The van der Waals surface area contributed by atoms with Gasteiger partial charge in [-0.25, -0.2) is 11.4 Å². The van der Waals surface area contributed by atoms with Crippen LogP contribution in [0.25, 0.3) is 4.85 Å². The third-order valence-electron chi connectivity index (χ3n) is 5.38. The first-order chi connectivity index (χ1) is 9.04. The molecule has 4 fully saturated rings. The second-order valence-corrected chi connectivity index (χ2v) is 6.79. The Morgan fingerprint density at radius 3 is 2.53 bits per heavy atom. The van der Waals surface area contributed by atoms with E-state index < -0.39 is 0 Å². The van der Waals surface area contributed by atoms with E-state index >= 15 is 0 Å². The quantitative estimate of drug-likeness (QED) is 0.442. The third-order valence-corrected chi connectivity index (χ3v) is 5.38. The van der Waals surface area contributed by atoms with E-state index in [1.807, 2.05) is 0 Å². The van der Waals surface area contributed by atoms with Gasteiger partial charge in [0.25, 0.3) is 0 Å². The predicted octanol–water partition coefficient (Wildman–Crippen LogP) is 3.22. The fourth-order valence-electron chi connectivity index (χ4n) is 4.92. The van der Waals surface area contributed by atoms with Crippen LogP contribution in [0.2, 0.25) is 0 Å². The molecule has 0 aliphatic heterocycles. The molecule has 0 spiro atoms. The largest absolute Gasteiger partial charge is 0.455 e. The maximum absolute atomic E-state index is 12.0. The standard InChI is InChI=1S/C16H21NO2/c1-10(2)15(18)19-16-7-11-4-12(8-16)6-13(5-11)14(16)9-17-3/h11-14H,1,4-9H2,2H3. The summed E-state index contributed by atoms with van der Waals surface area (Å²) in [6.45, 7) is 13.1. The molecule has 0 aromatic rings. The number of hydrogen-bond acceptors (Lipinski definition) is 2. The molecule has 3 nitrogen and oxygen atoms in total. The third kappa shape index (κ3) is 1.98. The lowest BCUT2D eigenvalue weighted by Gasteiger charge is -2.58. The average molecular weight is 259 g/mol. The Labute approximate surface area is 114 Å². The number of esters is 1. The van der Waals surface area contributed by atoms with E-state index in [-0.39, 0.29) is 17.5 Å². The van der Waals surface area contributed by atoms with Crippen molar-refractivity contribution in [2.75, 3.05) is 6.54 Å². The van der Waals surface area contributed by atoms with E-state index in [1.165, 1.54) is 19.3 Å². The zero-order valence-electron chi connectivity index (χ0n) is 11.5. The summed E-state index contributed by atoms with van der Waals surface area (Å²) < 4.78 is 5.90. The Bertz CT molecular complexity index is 448. The highest BCUT2D eigenvalue weighted by atomic mass is 16.6. The molecule has 0 radical (unpaired) electrons. The lowest BCUT2D eigenvalue weighted by molar-refractivity contribution is -0.201. The van der Waals surface area contributed by atoms with Crippen LogP contribution in [0.3, 0.4) is 0 Å². The predicted molar refractivity (Wildman–Crippen MR) is 72.2 cm³/mol. The minimum absolute atomic E-state index is 0.251. The van der Waals surface area contributed by atoms with Crippen LogP contribution in [0.15, 0.2) is 12.2 Å². The second kappa shape index (κ2) is 4.37. The fourth-order valence-corrected chi connectivity index (χ4v) is 4.92. The number of rotatable bonds is 3. The van der Waals surface area contributed by atoms with Crippen LogP contribution in [0.1, 0.15) is 39.0 Å². The maximum atomic E-state index is 12.0. The second-order valence-electron chi connectivity index (χ2n) is 6.79. The summed E-state index contributed by atoms with van der Waals surface area (Å²) in [4.78, 5) is 15.6. The van der Waals surface area contributed by atoms with Crippen LogP contribution >= 0.6 is 0 Å². The minimum atomic E-state index is -0.352. The van der Waals surface area contributed by atoms with Crippen molar-refractivity contribution >= 4 is 5.97 Å². The van der Waals surface area contributed by atoms with Gasteiger partial charge in [-0.05, 0) is 56.8 Å². The summed E-state index contributed by atoms with van der Waals surface area (Å²) in [7, 11) is 0. The monoisotopic (exact) mass is 259 g/mol. The van der Waals surface area contributed by atoms with E-state index in [0.717, 1.165) is 12.8 Å². The van der Waals surface area contributed by atoms with Gasteiger partial charge in [-0.1, -0.05) is 6.58 Å². The Balaban J connectivity index is 1.89. The molecule has 0 saturated heterocycles. The molecule has 3 heteroatoms. The zero-order chi connectivity index (χ0) is 13.6. The van der Waals surface area contributed by atoms with Gasteiger partial charge in [0.2, 0.25) is 6.54 Å². The molecule has 3 atom stereocenters. The van der Waals surface area contributed by atoms with Gasteiger partial charge in [-0.15, -0.1) is 0 Å². The van der Waals surface area contributed by atoms with Crippen molar-refractivity contribution in [1.29, 1.82) is 0 Å². The van der Waals surface area contributed by atoms with Crippen LogP contribution in [0.4, 0.5) is 0 Å². The van der Waals surface area contributed by atoms with Crippen LogP contribution in [-0.2, 0) is 9.53 Å². The summed E-state index contributed by atoms with van der Waals surface area (Å²) in [5, 5.41) is 0. The number of nitrogens with zero attached hydrogens (tertiary/aromatic N) is 1. The summed E-state index contributed by atoms with van der Waals surface area (Å²) in [6, 6.07) is 0. The molecule has 3 unspecified atom stereocenters. The number of hydrogen-bond donors (Lipinski definition) is 0. The van der Waals surface area contributed by atoms with Gasteiger partial charge in [0.1, 0.15) is 5.60 Å². The Morgan fingerprint density at radius 2 is 2.00 bits per heavy atom. The van der Waals surface area contributed by atoms with E-state index in [9.17, 15) is 4.79 Å². The number of carbonyl (C=O) groups excluding carboxylic acids is 1. The molecule has 0 N–H and O–H groups in total. The van der Waals surface area contributed by atoms with Gasteiger partial charge >= 0.3 is 5.97 Å².